The Kier molecular flexibility index (Phi) is 4.84. The number of amides is 3. The van der Waals surface area contributed by atoms with Gasteiger partial charge in [-0.25, -0.2) is 0 Å². The van der Waals surface area contributed by atoms with Crippen molar-refractivity contribution in [2.45, 2.75) is 19.3 Å². The van der Waals surface area contributed by atoms with Crippen molar-refractivity contribution in [2.75, 3.05) is 10.2 Å². The third kappa shape index (κ3) is 3.28. The molecule has 8 nitrogen and oxygen atoms in total. The quantitative estimate of drug-likeness (QED) is 0.337. The van der Waals surface area contributed by atoms with E-state index in [1.165, 1.54) is 23.1 Å². The number of nitro groups is 1. The van der Waals surface area contributed by atoms with Gasteiger partial charge in [0.15, 0.2) is 0 Å². The number of allylic oxidation sites excluding steroid dienone is 2. The SMILES string of the molecule is O=C(Cc1ccc(N2C(=O)C3C4C=CC(CC4)C3C2=O)cc1)Nc1ccccc1[N+](=O)[O-]. The van der Waals surface area contributed by atoms with Gasteiger partial charge in [0.2, 0.25) is 17.7 Å². The summed E-state index contributed by atoms with van der Waals surface area (Å²) < 4.78 is 0. The van der Waals surface area contributed by atoms with E-state index in [9.17, 15) is 24.5 Å². The average molecular weight is 431 g/mol. The molecule has 4 atom stereocenters. The maximum absolute atomic E-state index is 13.0. The molecule has 2 aromatic carbocycles. The van der Waals surface area contributed by atoms with E-state index >= 15 is 0 Å². The van der Waals surface area contributed by atoms with E-state index in [2.05, 4.69) is 17.5 Å². The summed E-state index contributed by atoms with van der Waals surface area (Å²) in [7, 11) is 0. The number of nitrogens with one attached hydrogen (secondary N) is 1. The van der Waals surface area contributed by atoms with Crippen LogP contribution in [0.3, 0.4) is 0 Å². The Morgan fingerprint density at radius 2 is 1.56 bits per heavy atom. The third-order valence-corrected chi connectivity index (χ3v) is 6.69. The summed E-state index contributed by atoms with van der Waals surface area (Å²) in [6.45, 7) is 0. The molecule has 4 unspecified atom stereocenters. The summed E-state index contributed by atoms with van der Waals surface area (Å²) in [4.78, 5) is 50.3. The number of rotatable bonds is 5. The first-order chi connectivity index (χ1) is 15.4. The zero-order valence-electron chi connectivity index (χ0n) is 17.1. The van der Waals surface area contributed by atoms with Gasteiger partial charge in [0, 0.05) is 6.07 Å². The normalized spacial score (nSPS) is 25.7. The molecular weight excluding hydrogens is 410 g/mol. The fraction of sp³-hybridized carbons (Fsp3) is 0.292. The Hall–Kier alpha value is -3.81. The molecule has 32 heavy (non-hydrogen) atoms. The van der Waals surface area contributed by atoms with E-state index in [0.717, 1.165) is 12.8 Å². The number of para-hydroxylation sites is 2. The van der Waals surface area contributed by atoms with Crippen molar-refractivity contribution in [3.05, 3.63) is 76.4 Å². The van der Waals surface area contributed by atoms with Crippen molar-refractivity contribution in [3.8, 4) is 0 Å². The van der Waals surface area contributed by atoms with Gasteiger partial charge in [0.1, 0.15) is 5.69 Å². The Balaban J connectivity index is 1.29. The molecule has 2 aromatic rings. The van der Waals surface area contributed by atoms with Crippen LogP contribution in [-0.2, 0) is 20.8 Å². The van der Waals surface area contributed by atoms with Gasteiger partial charge in [0.25, 0.3) is 5.69 Å². The summed E-state index contributed by atoms with van der Waals surface area (Å²) in [6.07, 6.45) is 6.07. The highest BCUT2D eigenvalue weighted by Crippen LogP contribution is 2.50. The minimum atomic E-state index is -0.548. The van der Waals surface area contributed by atoms with Crippen LogP contribution in [0.25, 0.3) is 0 Å². The first-order valence-corrected chi connectivity index (χ1v) is 10.6. The van der Waals surface area contributed by atoms with Crippen LogP contribution in [0.1, 0.15) is 18.4 Å². The van der Waals surface area contributed by atoms with E-state index in [4.69, 9.17) is 0 Å². The molecule has 162 valence electrons. The molecule has 3 amide bonds. The van der Waals surface area contributed by atoms with E-state index in [1.54, 1.807) is 30.3 Å². The minimum Gasteiger partial charge on any atom is -0.320 e. The lowest BCUT2D eigenvalue weighted by Gasteiger charge is -2.38. The lowest BCUT2D eigenvalue weighted by atomic mass is 9.63. The second-order valence-corrected chi connectivity index (χ2v) is 8.52. The molecule has 8 heteroatoms. The van der Waals surface area contributed by atoms with Crippen molar-refractivity contribution < 1.29 is 19.3 Å². The third-order valence-electron chi connectivity index (χ3n) is 6.69. The van der Waals surface area contributed by atoms with Crippen LogP contribution in [0.2, 0.25) is 0 Å². The van der Waals surface area contributed by atoms with Crippen molar-refractivity contribution in [2.24, 2.45) is 23.7 Å². The van der Waals surface area contributed by atoms with Gasteiger partial charge < -0.3 is 5.32 Å². The van der Waals surface area contributed by atoms with Gasteiger partial charge in [-0.3, -0.25) is 29.4 Å². The van der Waals surface area contributed by atoms with E-state index < -0.39 is 10.8 Å². The number of nitro benzene ring substituents is 1. The summed E-state index contributed by atoms with van der Waals surface area (Å²) in [6, 6.07) is 12.7. The second-order valence-electron chi connectivity index (χ2n) is 8.52. The highest BCUT2D eigenvalue weighted by Gasteiger charge is 2.56. The van der Waals surface area contributed by atoms with Crippen LogP contribution in [0.4, 0.5) is 17.1 Å². The van der Waals surface area contributed by atoms with Crippen molar-refractivity contribution in [3.63, 3.8) is 0 Å². The molecule has 0 radical (unpaired) electrons. The van der Waals surface area contributed by atoms with Crippen LogP contribution in [0.15, 0.2) is 60.7 Å². The fourth-order valence-electron chi connectivity index (χ4n) is 5.21. The van der Waals surface area contributed by atoms with Crippen molar-refractivity contribution in [1.82, 2.24) is 0 Å². The summed E-state index contributed by atoms with van der Waals surface area (Å²) in [5, 5.41) is 13.7. The highest BCUT2D eigenvalue weighted by atomic mass is 16.6. The number of benzene rings is 2. The lowest BCUT2D eigenvalue weighted by molar-refractivity contribution is -0.383. The average Bonchev–Trinajstić information content (AvgIpc) is 3.08. The van der Waals surface area contributed by atoms with E-state index in [1.807, 2.05) is 0 Å². The number of hydrogen-bond acceptors (Lipinski definition) is 5. The number of imide groups is 1. The molecule has 3 aliphatic carbocycles. The van der Waals surface area contributed by atoms with Crippen molar-refractivity contribution in [1.29, 1.82) is 0 Å². The zero-order valence-corrected chi connectivity index (χ0v) is 17.1. The maximum atomic E-state index is 13.0. The first kappa shape index (κ1) is 20.1. The first-order valence-electron chi connectivity index (χ1n) is 10.6. The van der Waals surface area contributed by atoms with Gasteiger partial charge in [-0.2, -0.15) is 0 Å². The molecule has 2 fully saturated rings. The van der Waals surface area contributed by atoms with Crippen LogP contribution >= 0.6 is 0 Å². The summed E-state index contributed by atoms with van der Waals surface area (Å²) in [5.41, 5.74) is 1.14. The number of anilines is 2. The Morgan fingerprint density at radius 3 is 2.12 bits per heavy atom. The molecule has 0 spiro atoms. The number of nitrogens with zero attached hydrogens (tertiary/aromatic N) is 2. The number of carbonyl (C=O) groups is 3. The molecule has 6 rings (SSSR count). The smallest absolute Gasteiger partial charge is 0.292 e. The van der Waals surface area contributed by atoms with Gasteiger partial charge in [-0.1, -0.05) is 36.4 Å². The predicted molar refractivity (Wildman–Crippen MR) is 117 cm³/mol. The fourth-order valence-corrected chi connectivity index (χ4v) is 5.21. The van der Waals surface area contributed by atoms with Gasteiger partial charge in [-0.15, -0.1) is 0 Å². The summed E-state index contributed by atoms with van der Waals surface area (Å²) >= 11 is 0. The van der Waals surface area contributed by atoms with Crippen molar-refractivity contribution >= 4 is 34.8 Å². The van der Waals surface area contributed by atoms with E-state index in [0.29, 0.717) is 11.3 Å². The summed E-state index contributed by atoms with van der Waals surface area (Å²) in [5.74, 6) is -0.930. The molecule has 0 aromatic heterocycles. The lowest BCUT2D eigenvalue weighted by Crippen LogP contribution is -2.38. The predicted octanol–water partition coefficient (Wildman–Crippen LogP) is 3.48. The van der Waals surface area contributed by atoms with Gasteiger partial charge >= 0.3 is 0 Å². The molecule has 1 N–H and O–H groups in total. The molecule has 1 heterocycles. The molecule has 1 saturated heterocycles. The molecule has 1 aliphatic heterocycles. The molecule has 4 aliphatic rings. The standard InChI is InChI=1S/C24H21N3O5/c28-20(25-18-3-1-2-4-19(18)27(31)32)13-14-5-11-17(12-6-14)26-23(29)21-15-7-8-16(10-9-15)22(21)24(26)30/h1-8,11-12,15-16,21-22H,9-10,13H2,(H,25,28). The van der Waals surface area contributed by atoms with Gasteiger partial charge in [0.05, 0.1) is 28.9 Å². The highest BCUT2D eigenvalue weighted by molar-refractivity contribution is 6.22. The molecular formula is C24H21N3O5. The molecule has 2 bridgehead atoms. The maximum Gasteiger partial charge on any atom is 0.292 e. The Labute approximate surface area is 184 Å². The Morgan fingerprint density at radius 1 is 0.969 bits per heavy atom. The van der Waals surface area contributed by atoms with Gasteiger partial charge in [-0.05, 0) is 48.4 Å². The largest absolute Gasteiger partial charge is 0.320 e. The van der Waals surface area contributed by atoms with Crippen LogP contribution in [-0.4, -0.2) is 22.6 Å². The molecule has 1 saturated carbocycles. The number of fused-ring (bicyclic) bond motifs is 1. The number of carbonyl (C=O) groups excluding carboxylic acids is 3. The monoisotopic (exact) mass is 431 g/mol. The van der Waals surface area contributed by atoms with E-state index in [-0.39, 0.29) is 53.3 Å². The minimum absolute atomic E-state index is 0.00748. The van der Waals surface area contributed by atoms with Crippen LogP contribution < -0.4 is 10.2 Å². The number of hydrogen-bond donors (Lipinski definition) is 1. The zero-order chi connectivity index (χ0) is 22.4. The second kappa shape index (κ2) is 7.71. The topological polar surface area (TPSA) is 110 Å². The van der Waals surface area contributed by atoms with Crippen LogP contribution in [0, 0.1) is 33.8 Å². The van der Waals surface area contributed by atoms with Crippen LogP contribution in [0.5, 0.6) is 0 Å². The Bertz CT molecular complexity index is 1120.